The number of nitrogens with zero attached hydrogens (tertiary/aromatic N) is 4. The third-order valence-corrected chi connectivity index (χ3v) is 4.79. The number of anilines is 1. The van der Waals surface area contributed by atoms with Crippen molar-refractivity contribution in [3.05, 3.63) is 89.2 Å². The Hall–Kier alpha value is -2.92. The molecule has 0 aliphatic heterocycles. The maximum Gasteiger partial charge on any atom is 0.194 e. The minimum absolute atomic E-state index is 0.714. The van der Waals surface area contributed by atoms with Gasteiger partial charge in [-0.1, -0.05) is 48.5 Å². The van der Waals surface area contributed by atoms with Crippen molar-refractivity contribution in [3.8, 4) is 0 Å². The number of rotatable bonds is 5. The third kappa shape index (κ3) is 3.32. The SMILES string of the molecule is Cc1nc2sccn2c1/C=N/N(Cc1ccccc1)c1ccccc1. The van der Waals surface area contributed by atoms with E-state index in [1.54, 1.807) is 11.3 Å². The van der Waals surface area contributed by atoms with E-state index in [1.807, 2.05) is 54.0 Å². The fourth-order valence-electron chi connectivity index (χ4n) is 2.75. The summed E-state index contributed by atoms with van der Waals surface area (Å²) in [7, 11) is 0. The van der Waals surface area contributed by atoms with E-state index in [-0.39, 0.29) is 0 Å². The number of benzene rings is 2. The van der Waals surface area contributed by atoms with Crippen molar-refractivity contribution in [2.75, 3.05) is 5.01 Å². The molecule has 25 heavy (non-hydrogen) atoms. The van der Waals surface area contributed by atoms with Crippen molar-refractivity contribution in [3.63, 3.8) is 0 Å². The highest BCUT2D eigenvalue weighted by Gasteiger charge is 2.09. The molecule has 2 heterocycles. The number of para-hydroxylation sites is 1. The van der Waals surface area contributed by atoms with Crippen LogP contribution in [-0.2, 0) is 6.54 Å². The lowest BCUT2D eigenvalue weighted by molar-refractivity contribution is 0.857. The fraction of sp³-hybridized carbons (Fsp3) is 0.100. The van der Waals surface area contributed by atoms with Gasteiger partial charge in [0, 0.05) is 11.6 Å². The van der Waals surface area contributed by atoms with Crippen LogP contribution < -0.4 is 5.01 Å². The van der Waals surface area contributed by atoms with Crippen LogP contribution in [0.1, 0.15) is 17.0 Å². The Morgan fingerprint density at radius 1 is 1.08 bits per heavy atom. The number of aromatic nitrogens is 2. The third-order valence-electron chi connectivity index (χ3n) is 4.03. The molecule has 0 fully saturated rings. The Morgan fingerprint density at radius 2 is 1.80 bits per heavy atom. The maximum absolute atomic E-state index is 4.77. The Bertz CT molecular complexity index is 986. The van der Waals surface area contributed by atoms with Crippen LogP contribution in [0.25, 0.3) is 4.96 Å². The topological polar surface area (TPSA) is 32.9 Å². The van der Waals surface area contributed by atoms with Gasteiger partial charge in [0.25, 0.3) is 0 Å². The van der Waals surface area contributed by atoms with E-state index in [9.17, 15) is 0 Å². The molecule has 0 saturated heterocycles. The summed E-state index contributed by atoms with van der Waals surface area (Å²) in [5.41, 5.74) is 4.29. The molecule has 4 nitrogen and oxygen atoms in total. The van der Waals surface area contributed by atoms with Crippen LogP contribution >= 0.6 is 11.3 Å². The molecular formula is C20H18N4S. The molecule has 0 N–H and O–H groups in total. The molecule has 2 aromatic heterocycles. The van der Waals surface area contributed by atoms with Crippen LogP contribution in [-0.4, -0.2) is 15.6 Å². The van der Waals surface area contributed by atoms with E-state index >= 15 is 0 Å². The molecule has 0 unspecified atom stereocenters. The standard InChI is InChI=1S/C20H18N4S/c1-16-19(23-12-13-25-20(23)22-16)14-21-24(18-10-6-3-7-11-18)15-17-8-4-2-5-9-17/h2-14H,15H2,1H3/b21-14+. The molecular weight excluding hydrogens is 328 g/mol. The average Bonchev–Trinajstić information content (AvgIpc) is 3.21. The van der Waals surface area contributed by atoms with Crippen molar-refractivity contribution < 1.29 is 0 Å². The Morgan fingerprint density at radius 3 is 2.56 bits per heavy atom. The first-order valence-electron chi connectivity index (χ1n) is 8.14. The Kier molecular flexibility index (Phi) is 4.31. The van der Waals surface area contributed by atoms with Gasteiger partial charge >= 0.3 is 0 Å². The first-order valence-corrected chi connectivity index (χ1v) is 9.02. The maximum atomic E-state index is 4.77. The van der Waals surface area contributed by atoms with Crippen LogP contribution in [0, 0.1) is 6.92 Å². The van der Waals surface area contributed by atoms with Gasteiger partial charge in [0.2, 0.25) is 0 Å². The van der Waals surface area contributed by atoms with Crippen molar-refractivity contribution >= 4 is 28.2 Å². The molecule has 0 aliphatic rings. The fourth-order valence-corrected chi connectivity index (χ4v) is 3.51. The molecule has 4 aromatic rings. The quantitative estimate of drug-likeness (QED) is 0.386. The van der Waals surface area contributed by atoms with E-state index in [0.29, 0.717) is 6.54 Å². The molecule has 2 aromatic carbocycles. The number of hydrogen-bond donors (Lipinski definition) is 0. The molecule has 4 rings (SSSR count). The Labute approximate surface area is 150 Å². The first kappa shape index (κ1) is 15.6. The predicted octanol–water partition coefficient (Wildman–Crippen LogP) is 4.74. The molecule has 0 amide bonds. The van der Waals surface area contributed by atoms with E-state index in [1.165, 1.54) is 5.56 Å². The minimum Gasteiger partial charge on any atom is -0.289 e. The second kappa shape index (κ2) is 6.91. The zero-order chi connectivity index (χ0) is 17.1. The number of thiazole rings is 1. The summed E-state index contributed by atoms with van der Waals surface area (Å²) >= 11 is 1.63. The highest BCUT2D eigenvalue weighted by Crippen LogP contribution is 2.19. The summed E-state index contributed by atoms with van der Waals surface area (Å²) in [5, 5.41) is 8.83. The predicted molar refractivity (Wildman–Crippen MR) is 104 cm³/mol. The van der Waals surface area contributed by atoms with Gasteiger partial charge < -0.3 is 0 Å². The van der Waals surface area contributed by atoms with Gasteiger partial charge in [0.05, 0.1) is 29.8 Å². The molecule has 0 aliphatic carbocycles. The summed E-state index contributed by atoms with van der Waals surface area (Å²) in [6.45, 7) is 2.73. The minimum atomic E-state index is 0.714. The molecule has 0 bridgehead atoms. The molecule has 5 heteroatoms. The summed E-state index contributed by atoms with van der Waals surface area (Å²) in [5.74, 6) is 0. The van der Waals surface area contributed by atoms with Crippen LogP contribution in [0.4, 0.5) is 5.69 Å². The molecule has 124 valence electrons. The van der Waals surface area contributed by atoms with Crippen molar-refractivity contribution in [1.29, 1.82) is 0 Å². The lowest BCUT2D eigenvalue weighted by Gasteiger charge is -2.19. The van der Waals surface area contributed by atoms with Crippen molar-refractivity contribution in [2.24, 2.45) is 5.10 Å². The molecule has 0 radical (unpaired) electrons. The molecule has 0 atom stereocenters. The normalized spacial score (nSPS) is 11.4. The summed E-state index contributed by atoms with van der Waals surface area (Å²) < 4.78 is 2.08. The number of imidazole rings is 1. The van der Waals surface area contributed by atoms with Crippen LogP contribution in [0.3, 0.4) is 0 Å². The molecule has 0 saturated carbocycles. The zero-order valence-corrected chi connectivity index (χ0v) is 14.7. The van der Waals surface area contributed by atoms with Gasteiger partial charge in [-0.25, -0.2) is 4.98 Å². The van der Waals surface area contributed by atoms with E-state index in [4.69, 9.17) is 5.10 Å². The highest BCUT2D eigenvalue weighted by molar-refractivity contribution is 7.15. The lowest BCUT2D eigenvalue weighted by Crippen LogP contribution is -2.16. The van der Waals surface area contributed by atoms with Gasteiger partial charge in [0.1, 0.15) is 0 Å². The van der Waals surface area contributed by atoms with Gasteiger partial charge in [-0.15, -0.1) is 11.3 Å². The smallest absolute Gasteiger partial charge is 0.194 e. The summed E-state index contributed by atoms with van der Waals surface area (Å²) in [6.07, 6.45) is 3.93. The van der Waals surface area contributed by atoms with E-state index in [0.717, 1.165) is 22.0 Å². The second-order valence-electron chi connectivity index (χ2n) is 5.76. The summed E-state index contributed by atoms with van der Waals surface area (Å²) in [6, 6.07) is 20.6. The van der Waals surface area contributed by atoms with Gasteiger partial charge in [-0.05, 0) is 24.6 Å². The lowest BCUT2D eigenvalue weighted by atomic mass is 10.2. The zero-order valence-electron chi connectivity index (χ0n) is 13.9. The van der Waals surface area contributed by atoms with Crippen LogP contribution in [0.15, 0.2) is 77.3 Å². The van der Waals surface area contributed by atoms with Crippen molar-refractivity contribution in [2.45, 2.75) is 13.5 Å². The van der Waals surface area contributed by atoms with Gasteiger partial charge in [0.15, 0.2) is 4.96 Å². The highest BCUT2D eigenvalue weighted by atomic mass is 32.1. The average molecular weight is 346 g/mol. The van der Waals surface area contributed by atoms with E-state index in [2.05, 4.69) is 45.8 Å². The van der Waals surface area contributed by atoms with Crippen LogP contribution in [0.5, 0.6) is 0 Å². The monoisotopic (exact) mass is 346 g/mol. The second-order valence-corrected chi connectivity index (χ2v) is 6.63. The summed E-state index contributed by atoms with van der Waals surface area (Å²) in [4.78, 5) is 5.57. The van der Waals surface area contributed by atoms with E-state index < -0.39 is 0 Å². The number of hydrogen-bond acceptors (Lipinski definition) is 4. The van der Waals surface area contributed by atoms with Gasteiger partial charge in [-0.3, -0.25) is 9.41 Å². The van der Waals surface area contributed by atoms with Crippen LogP contribution in [0.2, 0.25) is 0 Å². The number of aryl methyl sites for hydroxylation is 1. The number of hydrazone groups is 1. The first-order chi connectivity index (χ1) is 12.3. The molecule has 0 spiro atoms. The van der Waals surface area contributed by atoms with Crippen molar-refractivity contribution in [1.82, 2.24) is 9.38 Å². The van der Waals surface area contributed by atoms with Gasteiger partial charge in [-0.2, -0.15) is 5.10 Å². The number of fused-ring (bicyclic) bond motifs is 1. The Balaban J connectivity index is 1.68. The largest absolute Gasteiger partial charge is 0.289 e.